The molecule has 7 nitrogen and oxygen atoms in total. The Bertz CT molecular complexity index is 1100. The molecule has 3 aromatic carbocycles. The summed E-state index contributed by atoms with van der Waals surface area (Å²) < 4.78 is 16.5. The zero-order chi connectivity index (χ0) is 22.9. The maximum Gasteiger partial charge on any atom is 0.271 e. The van der Waals surface area contributed by atoms with Crippen LogP contribution in [-0.4, -0.2) is 30.9 Å². The molecule has 0 spiro atoms. The van der Waals surface area contributed by atoms with E-state index in [0.717, 1.165) is 5.56 Å². The van der Waals surface area contributed by atoms with Crippen LogP contribution in [0.5, 0.6) is 23.0 Å². The second-order valence-corrected chi connectivity index (χ2v) is 7.03. The fourth-order valence-electron chi connectivity index (χ4n) is 2.83. The molecular weight excluding hydrogens is 432 g/mol. The Hall–Kier alpha value is -3.71. The third-order valence-corrected chi connectivity index (χ3v) is 4.68. The fourth-order valence-corrected chi connectivity index (χ4v) is 3.05. The standard InChI is InChI=1S/C24H23ClN2O5/c1-3-31-22-12-17(11-19(25)23(22)28)14-26-27-24(29)18-9-10-20(21(13-18)30-2)32-15-16-7-5-4-6-8-16/h4-14,28H,3,15H2,1-2H3,(H,27,29)/b26-14+. The molecule has 0 saturated carbocycles. The molecule has 8 heteroatoms. The number of rotatable bonds is 9. The monoisotopic (exact) mass is 454 g/mol. The first-order valence-corrected chi connectivity index (χ1v) is 10.2. The lowest BCUT2D eigenvalue weighted by Crippen LogP contribution is -2.17. The van der Waals surface area contributed by atoms with Gasteiger partial charge < -0.3 is 19.3 Å². The van der Waals surface area contributed by atoms with E-state index < -0.39 is 5.91 Å². The van der Waals surface area contributed by atoms with E-state index in [0.29, 0.717) is 35.8 Å². The molecular formula is C24H23ClN2O5. The van der Waals surface area contributed by atoms with E-state index in [1.54, 1.807) is 31.2 Å². The van der Waals surface area contributed by atoms with E-state index in [4.69, 9.17) is 25.8 Å². The number of benzene rings is 3. The molecule has 32 heavy (non-hydrogen) atoms. The fraction of sp³-hybridized carbons (Fsp3) is 0.167. The lowest BCUT2D eigenvalue weighted by atomic mass is 10.2. The molecule has 0 fully saturated rings. The molecule has 0 unspecified atom stereocenters. The molecule has 166 valence electrons. The Morgan fingerprint density at radius 1 is 1.06 bits per heavy atom. The average molecular weight is 455 g/mol. The molecule has 0 saturated heterocycles. The van der Waals surface area contributed by atoms with E-state index in [9.17, 15) is 9.90 Å². The van der Waals surface area contributed by atoms with Crippen LogP contribution in [0.2, 0.25) is 5.02 Å². The van der Waals surface area contributed by atoms with Crippen molar-refractivity contribution in [2.75, 3.05) is 13.7 Å². The number of ether oxygens (including phenoxy) is 3. The van der Waals surface area contributed by atoms with Gasteiger partial charge in [-0.1, -0.05) is 41.9 Å². The molecule has 2 N–H and O–H groups in total. The summed E-state index contributed by atoms with van der Waals surface area (Å²) in [7, 11) is 1.51. The predicted molar refractivity (Wildman–Crippen MR) is 123 cm³/mol. The summed E-state index contributed by atoms with van der Waals surface area (Å²) in [6.45, 7) is 2.54. The maximum atomic E-state index is 12.5. The summed E-state index contributed by atoms with van der Waals surface area (Å²) in [5.74, 6) is 0.631. The number of carbonyl (C=O) groups is 1. The van der Waals surface area contributed by atoms with E-state index >= 15 is 0 Å². The Morgan fingerprint density at radius 3 is 2.56 bits per heavy atom. The van der Waals surface area contributed by atoms with Crippen molar-refractivity contribution < 1.29 is 24.1 Å². The molecule has 3 rings (SSSR count). The summed E-state index contributed by atoms with van der Waals surface area (Å²) in [4.78, 5) is 12.5. The summed E-state index contributed by atoms with van der Waals surface area (Å²) >= 11 is 6.00. The number of methoxy groups -OCH3 is 1. The topological polar surface area (TPSA) is 89.4 Å². The second kappa shape index (κ2) is 11.1. The van der Waals surface area contributed by atoms with E-state index in [2.05, 4.69) is 10.5 Å². The first kappa shape index (κ1) is 23.0. The number of carbonyl (C=O) groups excluding carboxylic acids is 1. The molecule has 0 aliphatic carbocycles. The number of nitrogens with one attached hydrogen (secondary N) is 1. The minimum Gasteiger partial charge on any atom is -0.503 e. The van der Waals surface area contributed by atoms with Gasteiger partial charge in [0.1, 0.15) is 6.61 Å². The molecule has 0 atom stereocenters. The van der Waals surface area contributed by atoms with Gasteiger partial charge in [-0.05, 0) is 48.4 Å². The van der Waals surface area contributed by atoms with Gasteiger partial charge in [-0.3, -0.25) is 4.79 Å². The van der Waals surface area contributed by atoms with Gasteiger partial charge in [0, 0.05) is 5.56 Å². The smallest absolute Gasteiger partial charge is 0.271 e. The number of phenols is 1. The molecule has 0 aliphatic rings. The zero-order valence-electron chi connectivity index (χ0n) is 17.7. The normalized spacial score (nSPS) is 10.7. The first-order chi connectivity index (χ1) is 15.5. The van der Waals surface area contributed by atoms with Crippen molar-refractivity contribution in [2.45, 2.75) is 13.5 Å². The van der Waals surface area contributed by atoms with Crippen LogP contribution in [0.15, 0.2) is 65.8 Å². The van der Waals surface area contributed by atoms with E-state index in [-0.39, 0.29) is 16.5 Å². The van der Waals surface area contributed by atoms with Crippen molar-refractivity contribution >= 4 is 23.7 Å². The van der Waals surface area contributed by atoms with Crippen LogP contribution < -0.4 is 19.6 Å². The van der Waals surface area contributed by atoms with E-state index in [1.807, 2.05) is 30.3 Å². The quantitative estimate of drug-likeness (QED) is 0.358. The number of amides is 1. The molecule has 0 heterocycles. The highest BCUT2D eigenvalue weighted by molar-refractivity contribution is 6.32. The minimum atomic E-state index is -0.427. The third-order valence-electron chi connectivity index (χ3n) is 4.39. The van der Waals surface area contributed by atoms with Crippen molar-refractivity contribution in [1.82, 2.24) is 5.43 Å². The van der Waals surface area contributed by atoms with Crippen LogP contribution >= 0.6 is 11.6 Å². The predicted octanol–water partition coefficient (Wildman–Crippen LogP) is 4.80. The highest BCUT2D eigenvalue weighted by Crippen LogP contribution is 2.34. The third kappa shape index (κ3) is 5.92. The summed E-state index contributed by atoms with van der Waals surface area (Å²) in [6, 6.07) is 17.7. The number of aromatic hydroxyl groups is 1. The van der Waals surface area contributed by atoms with Gasteiger partial charge in [0.25, 0.3) is 5.91 Å². The number of phenolic OH excluding ortho intramolecular Hbond substituents is 1. The highest BCUT2D eigenvalue weighted by Gasteiger charge is 2.12. The Labute approximate surface area is 191 Å². The molecule has 3 aromatic rings. The van der Waals surface area contributed by atoms with Crippen molar-refractivity contribution in [3.63, 3.8) is 0 Å². The molecule has 0 aromatic heterocycles. The Morgan fingerprint density at radius 2 is 1.84 bits per heavy atom. The first-order valence-electron chi connectivity index (χ1n) is 9.85. The van der Waals surface area contributed by atoms with Crippen LogP contribution in [0, 0.1) is 0 Å². The molecule has 0 aliphatic heterocycles. The zero-order valence-corrected chi connectivity index (χ0v) is 18.4. The minimum absolute atomic E-state index is 0.125. The SMILES string of the molecule is CCOc1cc(/C=N/NC(=O)c2ccc(OCc3ccccc3)c(OC)c2)cc(Cl)c1O. The maximum absolute atomic E-state index is 12.5. The summed E-state index contributed by atoms with van der Waals surface area (Å²) in [6.07, 6.45) is 1.40. The lowest BCUT2D eigenvalue weighted by molar-refractivity contribution is 0.0954. The summed E-state index contributed by atoms with van der Waals surface area (Å²) in [5, 5.41) is 14.0. The van der Waals surface area contributed by atoms with Gasteiger partial charge in [-0.2, -0.15) is 5.10 Å². The van der Waals surface area contributed by atoms with Gasteiger partial charge in [0.15, 0.2) is 23.0 Å². The number of hydrogen-bond donors (Lipinski definition) is 2. The van der Waals surface area contributed by atoms with Crippen molar-refractivity contribution in [3.8, 4) is 23.0 Å². The largest absolute Gasteiger partial charge is 0.503 e. The van der Waals surface area contributed by atoms with Crippen LogP contribution in [-0.2, 0) is 6.61 Å². The van der Waals surface area contributed by atoms with Crippen molar-refractivity contribution in [3.05, 3.63) is 82.4 Å². The van der Waals surface area contributed by atoms with Crippen molar-refractivity contribution in [1.29, 1.82) is 0 Å². The van der Waals surface area contributed by atoms with Gasteiger partial charge in [-0.15, -0.1) is 0 Å². The number of nitrogens with zero attached hydrogens (tertiary/aromatic N) is 1. The van der Waals surface area contributed by atoms with Gasteiger partial charge in [0.05, 0.1) is 25.0 Å². The van der Waals surface area contributed by atoms with Gasteiger partial charge in [-0.25, -0.2) is 5.43 Å². The summed E-state index contributed by atoms with van der Waals surface area (Å²) in [5.41, 5.74) is 4.38. The molecule has 1 amide bonds. The van der Waals surface area contributed by atoms with Crippen molar-refractivity contribution in [2.24, 2.45) is 5.10 Å². The molecule has 0 radical (unpaired) electrons. The highest BCUT2D eigenvalue weighted by atomic mass is 35.5. The average Bonchev–Trinajstić information content (AvgIpc) is 2.81. The number of hydrazone groups is 1. The number of halogens is 1. The van der Waals surface area contributed by atoms with Gasteiger partial charge >= 0.3 is 0 Å². The Kier molecular flexibility index (Phi) is 7.94. The lowest BCUT2D eigenvalue weighted by Gasteiger charge is -2.12. The van der Waals surface area contributed by atoms with E-state index in [1.165, 1.54) is 19.4 Å². The van der Waals surface area contributed by atoms with Crippen LogP contribution in [0.25, 0.3) is 0 Å². The molecule has 0 bridgehead atoms. The van der Waals surface area contributed by atoms with Crippen LogP contribution in [0.1, 0.15) is 28.4 Å². The van der Waals surface area contributed by atoms with Gasteiger partial charge in [0.2, 0.25) is 0 Å². The van der Waals surface area contributed by atoms with Crippen LogP contribution in [0.4, 0.5) is 0 Å². The Balaban J connectivity index is 1.66. The second-order valence-electron chi connectivity index (χ2n) is 6.62. The van der Waals surface area contributed by atoms with Crippen LogP contribution in [0.3, 0.4) is 0 Å². The number of hydrogen-bond acceptors (Lipinski definition) is 6.